The molecule has 138 valence electrons. The van der Waals surface area contributed by atoms with Gasteiger partial charge in [0.15, 0.2) is 0 Å². The van der Waals surface area contributed by atoms with Gasteiger partial charge in [-0.3, -0.25) is 4.79 Å². The van der Waals surface area contributed by atoms with Crippen LogP contribution in [0.2, 0.25) is 0 Å². The number of nitrogens with one attached hydrogen (secondary N) is 1. The fourth-order valence-electron chi connectivity index (χ4n) is 2.73. The second kappa shape index (κ2) is 17.7. The molecule has 0 aromatic rings. The Bertz CT molecular complexity index is 251. The zero-order valence-electron chi connectivity index (χ0n) is 15.4. The summed E-state index contributed by atoms with van der Waals surface area (Å²) >= 11 is 0. The molecule has 0 fully saturated rings. The van der Waals surface area contributed by atoms with E-state index in [0.29, 0.717) is 19.6 Å². The largest absolute Gasteiger partial charge is 0.466 e. The van der Waals surface area contributed by atoms with E-state index in [1.165, 1.54) is 38.5 Å². The van der Waals surface area contributed by atoms with Crippen molar-refractivity contribution < 1.29 is 14.6 Å². The van der Waals surface area contributed by atoms with Gasteiger partial charge < -0.3 is 15.2 Å². The summed E-state index contributed by atoms with van der Waals surface area (Å²) in [5, 5.41) is 11.8. The maximum Gasteiger partial charge on any atom is 0.305 e. The van der Waals surface area contributed by atoms with Crippen molar-refractivity contribution in [2.75, 3.05) is 26.3 Å². The molecule has 0 aliphatic carbocycles. The van der Waals surface area contributed by atoms with E-state index in [1.807, 2.05) is 0 Å². The van der Waals surface area contributed by atoms with Crippen LogP contribution in [-0.4, -0.2) is 37.4 Å². The third-order valence-corrected chi connectivity index (χ3v) is 4.24. The first-order valence-electron chi connectivity index (χ1n) is 9.71. The average molecular weight is 330 g/mol. The number of unbranched alkanes of at least 4 members (excludes halogenated alkanes) is 4. The summed E-state index contributed by atoms with van der Waals surface area (Å²) in [7, 11) is 0. The first kappa shape index (κ1) is 22.4. The second-order valence-corrected chi connectivity index (χ2v) is 6.44. The molecule has 0 atom stereocenters. The van der Waals surface area contributed by atoms with Crippen LogP contribution in [-0.2, 0) is 9.53 Å². The zero-order valence-corrected chi connectivity index (χ0v) is 15.4. The lowest BCUT2D eigenvalue weighted by atomic mass is 9.93. The first-order valence-corrected chi connectivity index (χ1v) is 9.71. The number of ether oxygens (including phenoxy) is 1. The van der Waals surface area contributed by atoms with Crippen LogP contribution in [0.5, 0.6) is 0 Å². The quantitative estimate of drug-likeness (QED) is 0.312. The van der Waals surface area contributed by atoms with Gasteiger partial charge in [0.2, 0.25) is 0 Å². The first-order chi connectivity index (χ1) is 11.2. The van der Waals surface area contributed by atoms with E-state index in [2.05, 4.69) is 19.2 Å². The fraction of sp³-hybridized carbons (Fsp3) is 0.947. The SMILES string of the molecule is CCCCC(CCCC)CCOC(=O)CCCCCNCCO. The highest BCUT2D eigenvalue weighted by Gasteiger charge is 2.09. The van der Waals surface area contributed by atoms with Crippen molar-refractivity contribution in [3.05, 3.63) is 0 Å². The van der Waals surface area contributed by atoms with Gasteiger partial charge >= 0.3 is 5.97 Å². The number of hydrogen-bond acceptors (Lipinski definition) is 4. The van der Waals surface area contributed by atoms with E-state index in [0.717, 1.165) is 38.1 Å². The van der Waals surface area contributed by atoms with Crippen LogP contribution in [0.1, 0.15) is 84.5 Å². The van der Waals surface area contributed by atoms with Gasteiger partial charge in [0, 0.05) is 13.0 Å². The molecule has 0 aliphatic rings. The Balaban J connectivity index is 3.57. The molecule has 4 nitrogen and oxygen atoms in total. The molecule has 0 unspecified atom stereocenters. The zero-order chi connectivity index (χ0) is 17.2. The Hall–Kier alpha value is -0.610. The second-order valence-electron chi connectivity index (χ2n) is 6.44. The molecular formula is C19H39NO3. The van der Waals surface area contributed by atoms with Gasteiger partial charge in [-0.15, -0.1) is 0 Å². The molecule has 23 heavy (non-hydrogen) atoms. The Morgan fingerprint density at radius 3 is 2.26 bits per heavy atom. The summed E-state index contributed by atoms with van der Waals surface area (Å²) in [5.41, 5.74) is 0. The normalized spacial score (nSPS) is 11.1. The highest BCUT2D eigenvalue weighted by atomic mass is 16.5. The summed E-state index contributed by atoms with van der Waals surface area (Å²) in [4.78, 5) is 11.7. The molecule has 0 bridgehead atoms. The van der Waals surface area contributed by atoms with Gasteiger partial charge in [-0.25, -0.2) is 0 Å². The summed E-state index contributed by atoms with van der Waals surface area (Å²) in [5.74, 6) is 0.679. The molecule has 0 aliphatic heterocycles. The Labute approximate surface area is 143 Å². The van der Waals surface area contributed by atoms with Crippen molar-refractivity contribution >= 4 is 5.97 Å². The van der Waals surface area contributed by atoms with Gasteiger partial charge in [-0.05, 0) is 31.7 Å². The van der Waals surface area contributed by atoms with Crippen LogP contribution in [0, 0.1) is 5.92 Å². The van der Waals surface area contributed by atoms with Crippen LogP contribution in [0.15, 0.2) is 0 Å². The molecule has 0 aromatic heterocycles. The summed E-state index contributed by atoms with van der Waals surface area (Å²) in [6, 6.07) is 0. The molecule has 2 N–H and O–H groups in total. The minimum absolute atomic E-state index is 0.0435. The number of aliphatic hydroxyl groups excluding tert-OH is 1. The third kappa shape index (κ3) is 16.0. The molecule has 0 rings (SSSR count). The number of aliphatic hydroxyl groups is 1. The summed E-state index contributed by atoms with van der Waals surface area (Å²) in [6.07, 6.45) is 12.1. The van der Waals surface area contributed by atoms with Crippen LogP contribution < -0.4 is 5.32 Å². The molecule has 0 radical (unpaired) electrons. The van der Waals surface area contributed by atoms with Gasteiger partial charge in [0.25, 0.3) is 0 Å². The molecular weight excluding hydrogens is 290 g/mol. The molecule has 0 aromatic carbocycles. The van der Waals surface area contributed by atoms with Gasteiger partial charge in [-0.2, -0.15) is 0 Å². The van der Waals surface area contributed by atoms with E-state index in [9.17, 15) is 4.79 Å². The molecule has 0 spiro atoms. The minimum atomic E-state index is -0.0435. The van der Waals surface area contributed by atoms with Crippen molar-refractivity contribution in [1.29, 1.82) is 0 Å². The smallest absolute Gasteiger partial charge is 0.305 e. The van der Waals surface area contributed by atoms with Crippen LogP contribution in [0.4, 0.5) is 0 Å². The van der Waals surface area contributed by atoms with Crippen molar-refractivity contribution in [3.63, 3.8) is 0 Å². The lowest BCUT2D eigenvalue weighted by molar-refractivity contribution is -0.144. The van der Waals surface area contributed by atoms with Crippen LogP contribution in [0.25, 0.3) is 0 Å². The predicted molar refractivity (Wildman–Crippen MR) is 96.5 cm³/mol. The lowest BCUT2D eigenvalue weighted by Gasteiger charge is -2.16. The molecule has 0 amide bonds. The van der Waals surface area contributed by atoms with Crippen molar-refractivity contribution in [2.45, 2.75) is 84.5 Å². The summed E-state index contributed by atoms with van der Waals surface area (Å²) in [6.45, 7) is 6.80. The van der Waals surface area contributed by atoms with E-state index in [-0.39, 0.29) is 12.6 Å². The Kier molecular flexibility index (Phi) is 17.3. The lowest BCUT2D eigenvalue weighted by Crippen LogP contribution is -2.19. The fourth-order valence-corrected chi connectivity index (χ4v) is 2.73. The van der Waals surface area contributed by atoms with Gasteiger partial charge in [-0.1, -0.05) is 58.8 Å². The maximum atomic E-state index is 11.7. The molecule has 0 saturated carbocycles. The maximum absolute atomic E-state index is 11.7. The predicted octanol–water partition coefficient (Wildman–Crippen LogP) is 4.06. The van der Waals surface area contributed by atoms with E-state index in [1.54, 1.807) is 0 Å². The third-order valence-electron chi connectivity index (χ3n) is 4.24. The van der Waals surface area contributed by atoms with Gasteiger partial charge in [0.05, 0.1) is 13.2 Å². The van der Waals surface area contributed by atoms with Crippen molar-refractivity contribution in [2.24, 2.45) is 5.92 Å². The molecule has 0 heterocycles. The Morgan fingerprint density at radius 1 is 0.957 bits per heavy atom. The molecule has 0 saturated heterocycles. The van der Waals surface area contributed by atoms with E-state index < -0.39 is 0 Å². The minimum Gasteiger partial charge on any atom is -0.466 e. The topological polar surface area (TPSA) is 58.6 Å². The van der Waals surface area contributed by atoms with E-state index in [4.69, 9.17) is 9.84 Å². The average Bonchev–Trinajstić information content (AvgIpc) is 2.56. The summed E-state index contributed by atoms with van der Waals surface area (Å²) < 4.78 is 5.39. The monoisotopic (exact) mass is 329 g/mol. The number of esters is 1. The van der Waals surface area contributed by atoms with Crippen molar-refractivity contribution in [1.82, 2.24) is 5.32 Å². The van der Waals surface area contributed by atoms with E-state index >= 15 is 0 Å². The number of carbonyl (C=O) groups excluding carboxylic acids is 1. The van der Waals surface area contributed by atoms with Crippen LogP contribution >= 0.6 is 0 Å². The number of hydrogen-bond donors (Lipinski definition) is 2. The molecule has 4 heteroatoms. The van der Waals surface area contributed by atoms with Crippen molar-refractivity contribution in [3.8, 4) is 0 Å². The number of rotatable bonds is 17. The standard InChI is InChI=1S/C19H39NO3/c1-3-5-10-18(11-6-4-2)13-17-23-19(22)12-8-7-9-14-20-15-16-21/h18,20-21H,3-17H2,1-2H3. The van der Waals surface area contributed by atoms with Crippen LogP contribution in [0.3, 0.4) is 0 Å². The Morgan fingerprint density at radius 2 is 1.65 bits per heavy atom. The highest BCUT2D eigenvalue weighted by molar-refractivity contribution is 5.69. The highest BCUT2D eigenvalue weighted by Crippen LogP contribution is 2.19. The van der Waals surface area contributed by atoms with Gasteiger partial charge in [0.1, 0.15) is 0 Å². The number of carbonyl (C=O) groups is 1.